The molecule has 0 aliphatic heterocycles. The van der Waals surface area contributed by atoms with E-state index in [1.54, 1.807) is 24.3 Å². The highest BCUT2D eigenvalue weighted by Crippen LogP contribution is 2.17. The number of carboxylic acids is 1. The molecule has 0 aliphatic carbocycles. The van der Waals surface area contributed by atoms with Crippen LogP contribution in [0.25, 0.3) is 0 Å². The van der Waals surface area contributed by atoms with Crippen LogP contribution in [0.3, 0.4) is 0 Å². The molecule has 0 aromatic heterocycles. The molecular weight excluding hydrogens is 214 g/mol. The van der Waals surface area contributed by atoms with Gasteiger partial charge in [0.05, 0.1) is 23.9 Å². The van der Waals surface area contributed by atoms with Crippen LogP contribution in [0.15, 0.2) is 29.3 Å². The summed E-state index contributed by atoms with van der Waals surface area (Å²) in [6, 6.07) is 6.84. The summed E-state index contributed by atoms with van der Waals surface area (Å²) in [5.74, 6) is -0.267. The largest absolute Gasteiger partial charge is 0.493 e. The topological polar surface area (TPSA) is 58.9 Å². The number of hydrogen-bond acceptors (Lipinski definition) is 4. The van der Waals surface area contributed by atoms with Crippen molar-refractivity contribution in [1.82, 2.24) is 0 Å². The van der Waals surface area contributed by atoms with Gasteiger partial charge in [-0.15, -0.1) is 0 Å². The molecule has 5 heteroatoms. The Morgan fingerprint density at radius 2 is 2.13 bits per heavy atom. The van der Waals surface area contributed by atoms with Gasteiger partial charge < -0.3 is 9.84 Å². The van der Waals surface area contributed by atoms with Gasteiger partial charge in [0.1, 0.15) is 5.75 Å². The molecule has 1 aromatic rings. The fourth-order valence-corrected chi connectivity index (χ4v) is 1.03. The molecule has 0 aliphatic rings. The molecule has 1 aromatic carbocycles. The minimum atomic E-state index is -0.878. The maximum Gasteiger partial charge on any atom is 0.306 e. The van der Waals surface area contributed by atoms with Crippen LogP contribution in [0, 0.1) is 0 Å². The van der Waals surface area contributed by atoms with Gasteiger partial charge in [-0.2, -0.15) is 4.99 Å². The van der Waals surface area contributed by atoms with Crippen molar-refractivity contribution >= 4 is 29.0 Å². The predicted molar refractivity (Wildman–Crippen MR) is 58.9 cm³/mol. The zero-order valence-electron chi connectivity index (χ0n) is 7.84. The normalized spacial score (nSPS) is 9.07. The van der Waals surface area contributed by atoms with E-state index in [9.17, 15) is 4.79 Å². The Morgan fingerprint density at radius 3 is 2.67 bits per heavy atom. The fraction of sp³-hybridized carbons (Fsp3) is 0.200. The first-order valence-electron chi connectivity index (χ1n) is 4.25. The van der Waals surface area contributed by atoms with Crippen molar-refractivity contribution in [2.24, 2.45) is 4.99 Å². The second-order valence-corrected chi connectivity index (χ2v) is 2.87. The zero-order chi connectivity index (χ0) is 11.1. The van der Waals surface area contributed by atoms with E-state index in [1.165, 1.54) is 0 Å². The van der Waals surface area contributed by atoms with Crippen LogP contribution in [0.4, 0.5) is 5.69 Å². The Bertz CT molecular complexity index is 382. The highest BCUT2D eigenvalue weighted by atomic mass is 32.1. The van der Waals surface area contributed by atoms with Gasteiger partial charge in [0.2, 0.25) is 0 Å². The maximum absolute atomic E-state index is 10.2. The number of rotatable bonds is 5. The molecule has 0 unspecified atom stereocenters. The molecule has 15 heavy (non-hydrogen) atoms. The van der Waals surface area contributed by atoms with Crippen LogP contribution in [-0.4, -0.2) is 22.8 Å². The van der Waals surface area contributed by atoms with Gasteiger partial charge in [-0.05, 0) is 36.5 Å². The van der Waals surface area contributed by atoms with Crippen LogP contribution in [0.5, 0.6) is 5.75 Å². The number of aliphatic carboxylic acids is 1. The average molecular weight is 223 g/mol. The van der Waals surface area contributed by atoms with E-state index in [0.717, 1.165) is 0 Å². The number of benzene rings is 1. The van der Waals surface area contributed by atoms with Gasteiger partial charge in [-0.25, -0.2) is 0 Å². The molecule has 0 amide bonds. The molecule has 0 saturated carbocycles. The van der Waals surface area contributed by atoms with Crippen molar-refractivity contribution in [2.45, 2.75) is 6.42 Å². The third-order valence-electron chi connectivity index (χ3n) is 1.60. The molecule has 0 spiro atoms. The Hall–Kier alpha value is -1.71. The molecular formula is C10H9NO3S. The first kappa shape index (κ1) is 11.4. The highest BCUT2D eigenvalue weighted by molar-refractivity contribution is 7.78. The minimum Gasteiger partial charge on any atom is -0.493 e. The van der Waals surface area contributed by atoms with E-state index < -0.39 is 5.97 Å². The van der Waals surface area contributed by atoms with Crippen molar-refractivity contribution < 1.29 is 14.6 Å². The van der Waals surface area contributed by atoms with Gasteiger partial charge in [0.15, 0.2) is 0 Å². The Kier molecular flexibility index (Phi) is 4.47. The molecule has 0 heterocycles. The number of hydrogen-bond donors (Lipinski definition) is 1. The number of isothiocyanates is 1. The van der Waals surface area contributed by atoms with E-state index in [1.807, 2.05) is 0 Å². The fourth-order valence-electron chi connectivity index (χ4n) is 0.926. The van der Waals surface area contributed by atoms with Crippen LogP contribution in [0.2, 0.25) is 0 Å². The summed E-state index contributed by atoms with van der Waals surface area (Å²) in [5, 5.41) is 10.6. The number of nitrogens with zero attached hydrogens (tertiary/aromatic N) is 1. The van der Waals surface area contributed by atoms with Crippen LogP contribution < -0.4 is 4.74 Å². The van der Waals surface area contributed by atoms with E-state index >= 15 is 0 Å². The van der Waals surface area contributed by atoms with Crippen LogP contribution >= 0.6 is 12.2 Å². The molecule has 0 saturated heterocycles. The number of carboxylic acid groups (broad SMARTS) is 1. The lowest BCUT2D eigenvalue weighted by Crippen LogP contribution is -2.04. The molecule has 0 radical (unpaired) electrons. The van der Waals surface area contributed by atoms with Crippen LogP contribution in [0.1, 0.15) is 6.42 Å². The van der Waals surface area contributed by atoms with Gasteiger partial charge in [0.25, 0.3) is 0 Å². The molecule has 0 fully saturated rings. The van der Waals surface area contributed by atoms with E-state index in [4.69, 9.17) is 9.84 Å². The van der Waals surface area contributed by atoms with Gasteiger partial charge in [-0.1, -0.05) is 0 Å². The van der Waals surface area contributed by atoms with Crippen LogP contribution in [-0.2, 0) is 4.79 Å². The first-order chi connectivity index (χ1) is 7.22. The monoisotopic (exact) mass is 223 g/mol. The minimum absolute atomic E-state index is 0.0140. The predicted octanol–water partition coefficient (Wildman–Crippen LogP) is 2.27. The SMILES string of the molecule is O=C(O)CCOc1ccc(N=C=S)cc1. The number of ether oxygens (including phenoxy) is 1. The second kappa shape index (κ2) is 5.90. The quantitative estimate of drug-likeness (QED) is 0.614. The smallest absolute Gasteiger partial charge is 0.306 e. The number of aliphatic imine (C=N–C) groups is 1. The summed E-state index contributed by atoms with van der Waals surface area (Å²) in [6.45, 7) is 0.158. The molecule has 4 nitrogen and oxygen atoms in total. The number of carbonyl (C=O) groups is 1. The van der Waals surface area contributed by atoms with Gasteiger partial charge in [-0.3, -0.25) is 4.79 Å². The van der Waals surface area contributed by atoms with Gasteiger partial charge >= 0.3 is 5.97 Å². The lowest BCUT2D eigenvalue weighted by molar-refractivity contribution is -0.137. The third-order valence-corrected chi connectivity index (χ3v) is 1.69. The lowest BCUT2D eigenvalue weighted by Gasteiger charge is -2.03. The van der Waals surface area contributed by atoms with Crippen molar-refractivity contribution in [2.75, 3.05) is 6.61 Å². The van der Waals surface area contributed by atoms with E-state index in [-0.39, 0.29) is 13.0 Å². The maximum atomic E-state index is 10.2. The lowest BCUT2D eigenvalue weighted by atomic mass is 10.3. The van der Waals surface area contributed by atoms with Gasteiger partial charge in [0, 0.05) is 0 Å². The Labute approximate surface area is 92.2 Å². The molecule has 1 rings (SSSR count). The van der Waals surface area contributed by atoms with Crippen molar-refractivity contribution in [3.8, 4) is 5.75 Å². The third kappa shape index (κ3) is 4.35. The molecule has 78 valence electrons. The van der Waals surface area contributed by atoms with E-state index in [0.29, 0.717) is 11.4 Å². The summed E-state index contributed by atoms with van der Waals surface area (Å²) >= 11 is 4.45. The summed E-state index contributed by atoms with van der Waals surface area (Å²) in [7, 11) is 0. The summed E-state index contributed by atoms with van der Waals surface area (Å²) < 4.78 is 5.18. The molecule has 0 bridgehead atoms. The summed E-state index contributed by atoms with van der Waals surface area (Å²) in [6.07, 6.45) is -0.0140. The van der Waals surface area contributed by atoms with Crippen molar-refractivity contribution in [1.29, 1.82) is 0 Å². The number of thiocarbonyl (C=S) groups is 1. The zero-order valence-corrected chi connectivity index (χ0v) is 8.66. The second-order valence-electron chi connectivity index (χ2n) is 2.69. The first-order valence-corrected chi connectivity index (χ1v) is 4.66. The average Bonchev–Trinajstić information content (AvgIpc) is 2.20. The van der Waals surface area contributed by atoms with Crippen molar-refractivity contribution in [3.05, 3.63) is 24.3 Å². The highest BCUT2D eigenvalue weighted by Gasteiger charge is 1.98. The molecule has 0 atom stereocenters. The Balaban J connectivity index is 2.49. The van der Waals surface area contributed by atoms with E-state index in [2.05, 4.69) is 22.4 Å². The summed E-state index contributed by atoms with van der Waals surface area (Å²) in [5.41, 5.74) is 0.690. The summed E-state index contributed by atoms with van der Waals surface area (Å²) in [4.78, 5) is 14.0. The standard InChI is InChI=1S/C10H9NO3S/c12-10(13)5-6-14-9-3-1-8(2-4-9)11-7-15/h1-4H,5-6H2,(H,12,13). The molecule has 1 N–H and O–H groups in total. The Morgan fingerprint density at radius 1 is 1.47 bits per heavy atom. The van der Waals surface area contributed by atoms with Crippen molar-refractivity contribution in [3.63, 3.8) is 0 Å².